The second-order valence-electron chi connectivity index (χ2n) is 6.76. The van der Waals surface area contributed by atoms with Crippen LogP contribution in [0.1, 0.15) is 10.4 Å². The first kappa shape index (κ1) is 19.8. The molecule has 0 saturated carbocycles. The standard InChI is InChI=1S/C25H18O4S/c26-25(27)20-13-11-17(12-14-20)21-15-22(18-7-3-1-4-8-18)24(30(28)29)23(16-21)19-9-5-2-6-10-19/h1-16H,(H,26,27)(H,28,29). The van der Waals surface area contributed by atoms with Crippen LogP contribution in [-0.2, 0) is 11.1 Å². The predicted molar refractivity (Wildman–Crippen MR) is 119 cm³/mol. The largest absolute Gasteiger partial charge is 0.478 e. The van der Waals surface area contributed by atoms with Crippen molar-refractivity contribution in [2.75, 3.05) is 0 Å². The average molecular weight is 414 g/mol. The molecule has 148 valence electrons. The van der Waals surface area contributed by atoms with Crippen molar-refractivity contribution in [1.29, 1.82) is 0 Å². The molecule has 4 aromatic rings. The molecule has 4 rings (SSSR count). The predicted octanol–water partition coefficient (Wildman–Crippen LogP) is 5.97. The summed E-state index contributed by atoms with van der Waals surface area (Å²) in [7, 11) is 0. The highest BCUT2D eigenvalue weighted by Gasteiger charge is 2.19. The highest BCUT2D eigenvalue weighted by molar-refractivity contribution is 7.79. The Labute approximate surface area is 176 Å². The molecule has 4 nitrogen and oxygen atoms in total. The Balaban J connectivity index is 2.00. The van der Waals surface area contributed by atoms with Crippen LogP contribution >= 0.6 is 0 Å². The van der Waals surface area contributed by atoms with E-state index in [0.717, 1.165) is 22.3 Å². The van der Waals surface area contributed by atoms with Gasteiger partial charge in [-0.05, 0) is 46.5 Å². The number of hydrogen-bond acceptors (Lipinski definition) is 2. The van der Waals surface area contributed by atoms with Gasteiger partial charge in [-0.15, -0.1) is 0 Å². The van der Waals surface area contributed by atoms with Crippen molar-refractivity contribution in [3.8, 4) is 33.4 Å². The first-order valence-electron chi connectivity index (χ1n) is 9.28. The number of carboxylic acids is 1. The summed E-state index contributed by atoms with van der Waals surface area (Å²) >= 11 is -2.21. The normalized spacial score (nSPS) is 11.8. The van der Waals surface area contributed by atoms with Crippen molar-refractivity contribution < 1.29 is 18.7 Å². The fourth-order valence-electron chi connectivity index (χ4n) is 3.45. The molecule has 0 aliphatic heterocycles. The van der Waals surface area contributed by atoms with Gasteiger partial charge >= 0.3 is 5.97 Å². The van der Waals surface area contributed by atoms with Gasteiger partial charge in [0.1, 0.15) is 0 Å². The maximum atomic E-state index is 12.4. The molecule has 0 aliphatic rings. The maximum Gasteiger partial charge on any atom is 0.335 e. The van der Waals surface area contributed by atoms with Gasteiger partial charge in [0.25, 0.3) is 0 Å². The minimum atomic E-state index is -2.21. The zero-order valence-corrected chi connectivity index (χ0v) is 16.7. The third kappa shape index (κ3) is 3.94. The van der Waals surface area contributed by atoms with Crippen LogP contribution in [-0.4, -0.2) is 19.8 Å². The lowest BCUT2D eigenvalue weighted by Crippen LogP contribution is -1.99. The Morgan fingerprint density at radius 3 is 1.50 bits per heavy atom. The van der Waals surface area contributed by atoms with E-state index >= 15 is 0 Å². The molecule has 0 aliphatic carbocycles. The zero-order chi connectivity index (χ0) is 21.1. The quantitative estimate of drug-likeness (QED) is 0.395. The van der Waals surface area contributed by atoms with Crippen LogP contribution < -0.4 is 0 Å². The molecule has 0 fully saturated rings. The first-order valence-corrected chi connectivity index (χ1v) is 10.4. The Kier molecular flexibility index (Phi) is 5.57. The van der Waals surface area contributed by atoms with Crippen LogP contribution in [0.4, 0.5) is 0 Å². The number of carbonyl (C=O) groups is 1. The molecule has 0 spiro atoms. The van der Waals surface area contributed by atoms with Crippen molar-refractivity contribution in [1.82, 2.24) is 0 Å². The molecule has 5 heteroatoms. The number of aromatic carboxylic acids is 1. The molecule has 30 heavy (non-hydrogen) atoms. The Morgan fingerprint density at radius 2 is 1.10 bits per heavy atom. The maximum absolute atomic E-state index is 12.4. The van der Waals surface area contributed by atoms with E-state index in [1.165, 1.54) is 0 Å². The molecule has 0 amide bonds. The van der Waals surface area contributed by atoms with Gasteiger partial charge in [-0.1, -0.05) is 72.8 Å². The number of benzene rings is 4. The van der Waals surface area contributed by atoms with E-state index in [4.69, 9.17) is 5.11 Å². The summed E-state index contributed by atoms with van der Waals surface area (Å²) in [5.41, 5.74) is 4.85. The van der Waals surface area contributed by atoms with E-state index in [0.29, 0.717) is 16.0 Å². The fourth-order valence-corrected chi connectivity index (χ4v) is 4.18. The van der Waals surface area contributed by atoms with Gasteiger partial charge in [-0.2, -0.15) is 0 Å². The zero-order valence-electron chi connectivity index (χ0n) is 15.9. The van der Waals surface area contributed by atoms with E-state index < -0.39 is 17.0 Å². The third-order valence-corrected chi connectivity index (χ3v) is 5.69. The van der Waals surface area contributed by atoms with Crippen LogP contribution in [0, 0.1) is 0 Å². The van der Waals surface area contributed by atoms with Crippen molar-refractivity contribution in [3.05, 3.63) is 103 Å². The van der Waals surface area contributed by atoms with Crippen molar-refractivity contribution in [2.24, 2.45) is 0 Å². The Morgan fingerprint density at radius 1 is 0.633 bits per heavy atom. The minimum absolute atomic E-state index is 0.207. The summed E-state index contributed by atoms with van der Waals surface area (Å²) in [5, 5.41) is 9.17. The van der Waals surface area contributed by atoms with Gasteiger partial charge in [-0.3, -0.25) is 0 Å². The summed E-state index contributed by atoms with van der Waals surface area (Å²) in [5.74, 6) is -0.984. The van der Waals surface area contributed by atoms with Crippen LogP contribution in [0.25, 0.3) is 33.4 Å². The Hall–Kier alpha value is -3.54. The summed E-state index contributed by atoms with van der Waals surface area (Å²) in [4.78, 5) is 11.5. The number of rotatable bonds is 5. The second-order valence-corrected chi connectivity index (χ2v) is 7.67. The first-order chi connectivity index (χ1) is 14.5. The molecule has 0 heterocycles. The van der Waals surface area contributed by atoms with Gasteiger partial charge in [0.05, 0.1) is 10.5 Å². The average Bonchev–Trinajstić information content (AvgIpc) is 2.79. The van der Waals surface area contributed by atoms with Crippen molar-refractivity contribution >= 4 is 17.0 Å². The Bertz CT molecular complexity index is 1160. The highest BCUT2D eigenvalue weighted by atomic mass is 32.2. The van der Waals surface area contributed by atoms with Gasteiger partial charge in [0, 0.05) is 11.1 Å². The van der Waals surface area contributed by atoms with Crippen LogP contribution in [0.5, 0.6) is 0 Å². The lowest BCUT2D eigenvalue weighted by atomic mass is 9.93. The smallest absolute Gasteiger partial charge is 0.335 e. The molecule has 0 aromatic heterocycles. The number of carboxylic acid groups (broad SMARTS) is 1. The highest BCUT2D eigenvalue weighted by Crippen LogP contribution is 2.39. The molecular weight excluding hydrogens is 396 g/mol. The topological polar surface area (TPSA) is 74.6 Å². The third-order valence-electron chi connectivity index (χ3n) is 4.90. The van der Waals surface area contributed by atoms with Crippen molar-refractivity contribution in [3.63, 3.8) is 0 Å². The minimum Gasteiger partial charge on any atom is -0.478 e. The molecule has 1 unspecified atom stereocenters. The van der Waals surface area contributed by atoms with Crippen LogP contribution in [0.15, 0.2) is 102 Å². The van der Waals surface area contributed by atoms with Gasteiger partial charge in [0.15, 0.2) is 11.1 Å². The van der Waals surface area contributed by atoms with E-state index in [-0.39, 0.29) is 5.56 Å². The molecule has 0 saturated heterocycles. The fraction of sp³-hybridized carbons (Fsp3) is 0. The molecular formula is C25H18O4S. The summed E-state index contributed by atoms with van der Waals surface area (Å²) in [6, 6.07) is 29.3. The van der Waals surface area contributed by atoms with Gasteiger partial charge in [0.2, 0.25) is 0 Å². The molecule has 4 aromatic carbocycles. The monoisotopic (exact) mass is 414 g/mol. The lowest BCUT2D eigenvalue weighted by Gasteiger charge is -2.16. The summed E-state index contributed by atoms with van der Waals surface area (Å²) in [6.07, 6.45) is 0. The van der Waals surface area contributed by atoms with Gasteiger partial charge < -0.3 is 9.66 Å². The van der Waals surface area contributed by atoms with E-state index in [1.54, 1.807) is 24.3 Å². The molecule has 2 N–H and O–H groups in total. The lowest BCUT2D eigenvalue weighted by molar-refractivity contribution is 0.0697. The van der Waals surface area contributed by atoms with E-state index in [1.807, 2.05) is 72.8 Å². The molecule has 1 atom stereocenters. The second kappa shape index (κ2) is 8.45. The van der Waals surface area contributed by atoms with Gasteiger partial charge in [-0.25, -0.2) is 9.00 Å². The van der Waals surface area contributed by atoms with Crippen molar-refractivity contribution in [2.45, 2.75) is 4.90 Å². The molecule has 0 bridgehead atoms. The number of hydrogen-bond donors (Lipinski definition) is 2. The summed E-state index contributed by atoms with van der Waals surface area (Å²) < 4.78 is 22.6. The molecule has 0 radical (unpaired) electrons. The summed E-state index contributed by atoms with van der Waals surface area (Å²) in [6.45, 7) is 0. The SMILES string of the molecule is O=C(O)c1ccc(-c2cc(-c3ccccc3)c(S(=O)O)c(-c3ccccc3)c2)cc1. The van der Waals surface area contributed by atoms with E-state index in [2.05, 4.69) is 0 Å². The van der Waals surface area contributed by atoms with Crippen LogP contribution in [0.3, 0.4) is 0 Å². The van der Waals surface area contributed by atoms with E-state index in [9.17, 15) is 13.6 Å². The van der Waals surface area contributed by atoms with Crippen LogP contribution in [0.2, 0.25) is 0 Å².